The third kappa shape index (κ3) is 2.46. The maximum absolute atomic E-state index is 12.7. The molecule has 0 radical (unpaired) electrons. The van der Waals surface area contributed by atoms with Crippen LogP contribution >= 0.6 is 11.3 Å². The van der Waals surface area contributed by atoms with E-state index in [2.05, 4.69) is 31.5 Å². The number of nitrogens with zero attached hydrogens (tertiary/aromatic N) is 3. The standard InChI is InChI=1S/C18H19N3O2S/c1-10(2)7-21-9-19-14-12-5-11-8-23-18(3,4)6-13(11)20-16(12)24-15(14)17(21)22/h5,9H,1,6-8H2,2-4H3. The van der Waals surface area contributed by atoms with Crippen LogP contribution in [-0.2, 0) is 24.3 Å². The van der Waals surface area contributed by atoms with Gasteiger partial charge in [0.15, 0.2) is 0 Å². The number of rotatable bonds is 2. The van der Waals surface area contributed by atoms with Crippen LogP contribution in [0.5, 0.6) is 0 Å². The van der Waals surface area contributed by atoms with Crippen LogP contribution in [-0.4, -0.2) is 20.1 Å². The van der Waals surface area contributed by atoms with E-state index in [0.29, 0.717) is 17.9 Å². The summed E-state index contributed by atoms with van der Waals surface area (Å²) in [4.78, 5) is 22.9. The first-order valence-electron chi connectivity index (χ1n) is 7.93. The van der Waals surface area contributed by atoms with Crippen molar-refractivity contribution in [2.75, 3.05) is 0 Å². The molecule has 6 heteroatoms. The summed E-state index contributed by atoms with van der Waals surface area (Å²) in [5, 5.41) is 0.941. The number of hydrogen-bond donors (Lipinski definition) is 0. The topological polar surface area (TPSA) is 57.0 Å². The molecule has 1 aliphatic rings. The molecule has 3 aromatic heterocycles. The van der Waals surface area contributed by atoms with Crippen LogP contribution in [0.25, 0.3) is 20.4 Å². The molecule has 0 aliphatic carbocycles. The summed E-state index contributed by atoms with van der Waals surface area (Å²) < 4.78 is 8.14. The molecule has 0 amide bonds. The molecule has 24 heavy (non-hydrogen) atoms. The highest BCUT2D eigenvalue weighted by Crippen LogP contribution is 2.34. The van der Waals surface area contributed by atoms with Crippen LogP contribution in [0.2, 0.25) is 0 Å². The van der Waals surface area contributed by atoms with Gasteiger partial charge in [-0.1, -0.05) is 12.2 Å². The number of pyridine rings is 1. The van der Waals surface area contributed by atoms with Crippen molar-refractivity contribution in [3.63, 3.8) is 0 Å². The van der Waals surface area contributed by atoms with Gasteiger partial charge in [0.1, 0.15) is 9.53 Å². The van der Waals surface area contributed by atoms with Crippen molar-refractivity contribution < 1.29 is 4.74 Å². The molecular formula is C18H19N3O2S. The van der Waals surface area contributed by atoms with E-state index in [-0.39, 0.29) is 11.2 Å². The Bertz CT molecular complexity index is 1050. The van der Waals surface area contributed by atoms with E-state index in [4.69, 9.17) is 9.72 Å². The fraction of sp³-hybridized carbons (Fsp3) is 0.389. The van der Waals surface area contributed by atoms with Gasteiger partial charge in [0.2, 0.25) is 0 Å². The van der Waals surface area contributed by atoms with Crippen LogP contribution in [0.4, 0.5) is 0 Å². The molecule has 3 aromatic rings. The Morgan fingerprint density at radius 3 is 3.04 bits per heavy atom. The van der Waals surface area contributed by atoms with E-state index in [0.717, 1.165) is 39.0 Å². The maximum atomic E-state index is 12.7. The van der Waals surface area contributed by atoms with Gasteiger partial charge in [0.25, 0.3) is 5.56 Å². The highest BCUT2D eigenvalue weighted by Gasteiger charge is 2.28. The minimum absolute atomic E-state index is 0.0273. The zero-order valence-corrected chi connectivity index (χ0v) is 14.9. The monoisotopic (exact) mass is 341 g/mol. The predicted octanol–water partition coefficient (Wildman–Crippen LogP) is 3.43. The Balaban J connectivity index is 1.94. The molecule has 0 saturated carbocycles. The molecule has 4 heterocycles. The molecule has 0 N–H and O–H groups in total. The van der Waals surface area contributed by atoms with Gasteiger partial charge in [0.05, 0.1) is 29.7 Å². The average molecular weight is 341 g/mol. The molecule has 1 aliphatic heterocycles. The summed E-state index contributed by atoms with van der Waals surface area (Å²) in [6, 6.07) is 2.08. The number of allylic oxidation sites excluding steroid dienone is 1. The summed E-state index contributed by atoms with van der Waals surface area (Å²) in [5.74, 6) is 0. The molecule has 0 atom stereocenters. The first-order chi connectivity index (χ1) is 11.3. The van der Waals surface area contributed by atoms with Crippen LogP contribution in [0.1, 0.15) is 32.0 Å². The largest absolute Gasteiger partial charge is 0.370 e. The fourth-order valence-corrected chi connectivity index (χ4v) is 4.16. The van der Waals surface area contributed by atoms with Crippen molar-refractivity contribution in [1.29, 1.82) is 0 Å². The van der Waals surface area contributed by atoms with Gasteiger partial charge in [-0.25, -0.2) is 9.97 Å². The van der Waals surface area contributed by atoms with Crippen molar-refractivity contribution >= 4 is 31.8 Å². The van der Waals surface area contributed by atoms with Gasteiger partial charge in [0, 0.05) is 23.9 Å². The van der Waals surface area contributed by atoms with Crippen LogP contribution in [0, 0.1) is 0 Å². The highest BCUT2D eigenvalue weighted by molar-refractivity contribution is 7.25. The second kappa shape index (κ2) is 5.22. The third-order valence-electron chi connectivity index (χ3n) is 4.26. The Kier molecular flexibility index (Phi) is 3.37. The zero-order valence-electron chi connectivity index (χ0n) is 14.0. The number of thiophene rings is 1. The molecule has 0 spiro atoms. The van der Waals surface area contributed by atoms with Crippen molar-refractivity contribution in [3.05, 3.63) is 46.2 Å². The third-order valence-corrected chi connectivity index (χ3v) is 5.33. The Hall–Kier alpha value is -2.05. The Labute approximate surface area is 143 Å². The van der Waals surface area contributed by atoms with Crippen LogP contribution in [0.3, 0.4) is 0 Å². The Morgan fingerprint density at radius 2 is 2.29 bits per heavy atom. The molecule has 0 unspecified atom stereocenters. The van der Waals surface area contributed by atoms with Crippen molar-refractivity contribution in [2.24, 2.45) is 0 Å². The number of ether oxygens (including phenoxy) is 1. The summed E-state index contributed by atoms with van der Waals surface area (Å²) in [7, 11) is 0. The van der Waals surface area contributed by atoms with E-state index in [1.807, 2.05) is 6.92 Å². The lowest BCUT2D eigenvalue weighted by molar-refractivity contribution is -0.0411. The summed E-state index contributed by atoms with van der Waals surface area (Å²) in [6.45, 7) is 11.0. The lowest BCUT2D eigenvalue weighted by Gasteiger charge is -2.30. The maximum Gasteiger partial charge on any atom is 0.271 e. The molecule has 4 rings (SSSR count). The SMILES string of the molecule is C=C(C)Cn1cnc2c(sc3nc4c(cc32)COC(C)(C)C4)c1=O. The molecular weight excluding hydrogens is 322 g/mol. The quantitative estimate of drug-likeness (QED) is 0.670. The van der Waals surface area contributed by atoms with Crippen molar-refractivity contribution in [1.82, 2.24) is 14.5 Å². The van der Waals surface area contributed by atoms with Gasteiger partial charge >= 0.3 is 0 Å². The number of hydrogen-bond acceptors (Lipinski definition) is 5. The van der Waals surface area contributed by atoms with Crippen LogP contribution in [0.15, 0.2) is 29.3 Å². The van der Waals surface area contributed by atoms with Crippen LogP contribution < -0.4 is 5.56 Å². The number of aromatic nitrogens is 3. The zero-order chi connectivity index (χ0) is 17.1. The van der Waals surface area contributed by atoms with Gasteiger partial charge in [-0.05, 0) is 26.8 Å². The Morgan fingerprint density at radius 1 is 1.50 bits per heavy atom. The minimum atomic E-state index is -0.198. The van der Waals surface area contributed by atoms with E-state index in [1.165, 1.54) is 11.3 Å². The molecule has 5 nitrogen and oxygen atoms in total. The summed E-state index contributed by atoms with van der Waals surface area (Å²) in [6.07, 6.45) is 2.38. The van der Waals surface area contributed by atoms with Gasteiger partial charge in [-0.3, -0.25) is 9.36 Å². The smallest absolute Gasteiger partial charge is 0.271 e. The lowest BCUT2D eigenvalue weighted by Crippen LogP contribution is -2.32. The lowest BCUT2D eigenvalue weighted by atomic mass is 9.95. The van der Waals surface area contributed by atoms with Gasteiger partial charge < -0.3 is 4.74 Å². The first kappa shape index (κ1) is 15.5. The summed E-state index contributed by atoms with van der Waals surface area (Å²) in [5.41, 5.74) is 3.59. The average Bonchev–Trinajstić information content (AvgIpc) is 2.85. The van der Waals surface area contributed by atoms with Crippen molar-refractivity contribution in [2.45, 2.75) is 45.9 Å². The minimum Gasteiger partial charge on any atom is -0.370 e. The number of fused-ring (bicyclic) bond motifs is 4. The summed E-state index contributed by atoms with van der Waals surface area (Å²) >= 11 is 1.43. The first-order valence-corrected chi connectivity index (χ1v) is 8.74. The van der Waals surface area contributed by atoms with E-state index >= 15 is 0 Å². The van der Waals surface area contributed by atoms with Crippen molar-refractivity contribution in [3.8, 4) is 0 Å². The van der Waals surface area contributed by atoms with E-state index < -0.39 is 0 Å². The highest BCUT2D eigenvalue weighted by atomic mass is 32.1. The molecule has 0 bridgehead atoms. The van der Waals surface area contributed by atoms with E-state index in [9.17, 15) is 4.79 Å². The molecule has 0 aromatic carbocycles. The second-order valence-electron chi connectivity index (χ2n) is 7.09. The predicted molar refractivity (Wildman–Crippen MR) is 96.6 cm³/mol. The molecule has 124 valence electrons. The molecule has 0 fully saturated rings. The fourth-order valence-electron chi connectivity index (χ4n) is 3.08. The van der Waals surface area contributed by atoms with E-state index in [1.54, 1.807) is 10.9 Å². The van der Waals surface area contributed by atoms with Gasteiger partial charge in [-0.2, -0.15) is 0 Å². The van der Waals surface area contributed by atoms with Gasteiger partial charge in [-0.15, -0.1) is 11.3 Å². The normalized spacial score (nSPS) is 16.5. The molecule has 0 saturated heterocycles. The second-order valence-corrected chi connectivity index (χ2v) is 8.09.